The fraction of sp³-hybridized carbons (Fsp3) is 0.259. The number of fused-ring (bicyclic) bond motifs is 1. The van der Waals surface area contributed by atoms with Crippen molar-refractivity contribution in [2.75, 3.05) is 4.90 Å². The predicted octanol–water partition coefficient (Wildman–Crippen LogP) is 5.63. The van der Waals surface area contributed by atoms with Crippen molar-refractivity contribution < 1.29 is 9.32 Å². The maximum Gasteiger partial charge on any atom is 0.233 e. The molecule has 33 heavy (non-hydrogen) atoms. The van der Waals surface area contributed by atoms with E-state index in [4.69, 9.17) is 9.51 Å². The molecule has 6 nitrogen and oxygen atoms in total. The maximum absolute atomic E-state index is 12.8. The lowest BCUT2D eigenvalue weighted by molar-refractivity contribution is -0.117. The summed E-state index contributed by atoms with van der Waals surface area (Å²) in [5.74, 6) is 2.56. The van der Waals surface area contributed by atoms with Crippen molar-refractivity contribution in [2.24, 2.45) is 0 Å². The number of carbonyl (C=O) groups excluding carboxylic acids is 1. The molecule has 0 saturated heterocycles. The number of nitrogens with zero attached hydrogens (tertiary/aromatic N) is 4. The molecule has 5 rings (SSSR count). The Morgan fingerprint density at radius 1 is 1.06 bits per heavy atom. The van der Waals surface area contributed by atoms with Crippen molar-refractivity contribution >= 4 is 11.7 Å². The molecule has 0 unspecified atom stereocenters. The van der Waals surface area contributed by atoms with Gasteiger partial charge in [0.15, 0.2) is 5.82 Å². The van der Waals surface area contributed by atoms with Gasteiger partial charge >= 0.3 is 0 Å². The quantitative estimate of drug-likeness (QED) is 0.404. The number of anilines is 1. The van der Waals surface area contributed by atoms with Gasteiger partial charge in [-0.2, -0.15) is 0 Å². The van der Waals surface area contributed by atoms with E-state index < -0.39 is 0 Å². The number of rotatable bonds is 5. The first kappa shape index (κ1) is 21.1. The highest BCUT2D eigenvalue weighted by atomic mass is 16.5. The van der Waals surface area contributed by atoms with Gasteiger partial charge in [-0.05, 0) is 36.5 Å². The van der Waals surface area contributed by atoms with Crippen LogP contribution >= 0.6 is 0 Å². The van der Waals surface area contributed by atoms with Crippen LogP contribution < -0.4 is 4.90 Å². The zero-order valence-electron chi connectivity index (χ0n) is 19.3. The minimum Gasteiger partial charge on any atom is -0.361 e. The molecule has 3 heterocycles. The highest BCUT2D eigenvalue weighted by molar-refractivity contribution is 6.00. The van der Waals surface area contributed by atoms with Crippen LogP contribution in [0.3, 0.4) is 0 Å². The third kappa shape index (κ3) is 3.82. The molecule has 0 aliphatic carbocycles. The number of carbonyl (C=O) groups is 1. The number of amides is 1. The van der Waals surface area contributed by atoms with Crippen LogP contribution in [0, 0.1) is 13.8 Å². The average molecular weight is 439 g/mol. The Bertz CT molecular complexity index is 1320. The second-order valence-electron chi connectivity index (χ2n) is 8.84. The Labute approximate surface area is 193 Å². The van der Waals surface area contributed by atoms with Gasteiger partial charge in [-0.25, -0.2) is 9.97 Å². The molecule has 6 heteroatoms. The number of aromatic nitrogens is 3. The van der Waals surface area contributed by atoms with Crippen molar-refractivity contribution in [3.05, 3.63) is 82.9 Å². The van der Waals surface area contributed by atoms with Crippen molar-refractivity contribution in [2.45, 2.75) is 46.6 Å². The van der Waals surface area contributed by atoms with Gasteiger partial charge in [0.1, 0.15) is 11.6 Å². The van der Waals surface area contributed by atoms with E-state index in [0.29, 0.717) is 30.5 Å². The third-order valence-corrected chi connectivity index (χ3v) is 6.18. The van der Waals surface area contributed by atoms with Gasteiger partial charge in [0, 0.05) is 22.9 Å². The van der Waals surface area contributed by atoms with E-state index in [-0.39, 0.29) is 5.91 Å². The van der Waals surface area contributed by atoms with Crippen molar-refractivity contribution in [1.29, 1.82) is 0 Å². The normalized spacial score (nSPS) is 13.1. The largest absolute Gasteiger partial charge is 0.361 e. The Balaban J connectivity index is 1.45. The molecule has 0 radical (unpaired) electrons. The first-order chi connectivity index (χ1) is 15.9. The maximum atomic E-state index is 12.8. The molecular weight excluding hydrogens is 412 g/mol. The zero-order valence-corrected chi connectivity index (χ0v) is 19.3. The van der Waals surface area contributed by atoms with Gasteiger partial charge in [0.25, 0.3) is 0 Å². The van der Waals surface area contributed by atoms with E-state index in [0.717, 1.165) is 39.3 Å². The van der Waals surface area contributed by atoms with Gasteiger partial charge in [0.05, 0.1) is 18.7 Å². The second kappa shape index (κ2) is 8.28. The van der Waals surface area contributed by atoms with E-state index in [1.165, 1.54) is 5.56 Å². The number of benzene rings is 2. The molecule has 2 aromatic heterocycles. The molecule has 0 atom stereocenters. The Hall–Kier alpha value is -3.80. The summed E-state index contributed by atoms with van der Waals surface area (Å²) in [6.45, 7) is 8.64. The lowest BCUT2D eigenvalue weighted by Gasteiger charge is -2.18. The highest BCUT2D eigenvalue weighted by Gasteiger charge is 2.30. The minimum atomic E-state index is 0.0448. The molecular formula is C27H26N4O2. The van der Waals surface area contributed by atoms with Crippen molar-refractivity contribution in [1.82, 2.24) is 15.1 Å². The SMILES string of the molecule is Cc1noc(C)c1-c1ccc(CN2C(=O)Cc3cnc(-c4ccccc4C(C)C)nc32)cc1. The minimum absolute atomic E-state index is 0.0448. The zero-order chi connectivity index (χ0) is 23.1. The van der Waals surface area contributed by atoms with Crippen LogP contribution in [0.5, 0.6) is 0 Å². The number of hydrogen-bond donors (Lipinski definition) is 0. The third-order valence-electron chi connectivity index (χ3n) is 6.18. The first-order valence-electron chi connectivity index (χ1n) is 11.2. The van der Waals surface area contributed by atoms with Crippen LogP contribution in [0.2, 0.25) is 0 Å². The van der Waals surface area contributed by atoms with E-state index in [2.05, 4.69) is 30.1 Å². The summed E-state index contributed by atoms with van der Waals surface area (Å²) in [7, 11) is 0. The first-order valence-corrected chi connectivity index (χ1v) is 11.2. The molecule has 0 bridgehead atoms. The summed E-state index contributed by atoms with van der Waals surface area (Å²) in [6.07, 6.45) is 2.13. The van der Waals surface area contributed by atoms with Gasteiger partial charge in [-0.3, -0.25) is 9.69 Å². The molecule has 2 aromatic carbocycles. The molecule has 0 N–H and O–H groups in total. The molecule has 0 saturated carbocycles. The highest BCUT2D eigenvalue weighted by Crippen LogP contribution is 2.33. The fourth-order valence-corrected chi connectivity index (χ4v) is 4.48. The van der Waals surface area contributed by atoms with E-state index >= 15 is 0 Å². The fourth-order valence-electron chi connectivity index (χ4n) is 4.48. The van der Waals surface area contributed by atoms with Crippen LogP contribution in [-0.4, -0.2) is 21.0 Å². The molecule has 4 aromatic rings. The lowest BCUT2D eigenvalue weighted by Crippen LogP contribution is -2.26. The second-order valence-corrected chi connectivity index (χ2v) is 8.84. The van der Waals surface area contributed by atoms with Gasteiger partial charge in [-0.1, -0.05) is 67.5 Å². The summed E-state index contributed by atoms with van der Waals surface area (Å²) in [4.78, 5) is 24.0. The lowest BCUT2D eigenvalue weighted by atomic mass is 9.97. The van der Waals surface area contributed by atoms with E-state index in [1.54, 1.807) is 11.1 Å². The summed E-state index contributed by atoms with van der Waals surface area (Å²) in [5, 5.41) is 4.04. The number of aryl methyl sites for hydroxylation is 2. The molecule has 1 aliphatic heterocycles. The van der Waals surface area contributed by atoms with Crippen LogP contribution in [-0.2, 0) is 17.8 Å². The number of hydrogen-bond acceptors (Lipinski definition) is 5. The van der Waals surface area contributed by atoms with Gasteiger partial charge < -0.3 is 4.52 Å². The monoisotopic (exact) mass is 438 g/mol. The summed E-state index contributed by atoms with van der Waals surface area (Å²) < 4.78 is 5.29. The van der Waals surface area contributed by atoms with Crippen LogP contribution in [0.25, 0.3) is 22.5 Å². The van der Waals surface area contributed by atoms with Gasteiger partial charge in [-0.15, -0.1) is 0 Å². The predicted molar refractivity (Wildman–Crippen MR) is 128 cm³/mol. The Kier molecular flexibility index (Phi) is 5.29. The van der Waals surface area contributed by atoms with Crippen LogP contribution in [0.1, 0.15) is 47.9 Å². The van der Waals surface area contributed by atoms with Gasteiger partial charge in [0.2, 0.25) is 5.91 Å². The smallest absolute Gasteiger partial charge is 0.233 e. The van der Waals surface area contributed by atoms with Crippen LogP contribution in [0.15, 0.2) is 59.3 Å². The topological polar surface area (TPSA) is 72.1 Å². The molecule has 166 valence electrons. The van der Waals surface area contributed by atoms with Crippen LogP contribution in [0.4, 0.5) is 5.82 Å². The molecule has 1 aliphatic rings. The molecule has 1 amide bonds. The average Bonchev–Trinajstić information content (AvgIpc) is 3.31. The van der Waals surface area contributed by atoms with E-state index in [1.807, 2.05) is 56.3 Å². The summed E-state index contributed by atoms with van der Waals surface area (Å²) >= 11 is 0. The van der Waals surface area contributed by atoms with E-state index in [9.17, 15) is 4.79 Å². The van der Waals surface area contributed by atoms with Crippen molar-refractivity contribution in [3.63, 3.8) is 0 Å². The molecule has 0 fully saturated rings. The Morgan fingerprint density at radius 3 is 2.52 bits per heavy atom. The van der Waals surface area contributed by atoms with Crippen molar-refractivity contribution in [3.8, 4) is 22.5 Å². The summed E-state index contributed by atoms with van der Waals surface area (Å²) in [5.41, 5.74) is 7.06. The Morgan fingerprint density at radius 2 is 1.82 bits per heavy atom. The summed E-state index contributed by atoms with van der Waals surface area (Å²) in [6, 6.07) is 16.4. The molecule has 0 spiro atoms. The standard InChI is InChI=1S/C27H26N4O2/c1-16(2)22-7-5-6-8-23(22)26-28-14-21-13-24(32)31(27(21)29-26)15-19-9-11-20(12-10-19)25-17(3)30-33-18(25)4/h5-12,14,16H,13,15H2,1-4H3.